The molecule has 1 amide bonds. The number of amides is 1. The Bertz CT molecular complexity index is 944. The number of benzene rings is 2. The number of carbonyl (C=O) groups is 2. The van der Waals surface area contributed by atoms with Gasteiger partial charge in [-0.3, -0.25) is 0 Å². The summed E-state index contributed by atoms with van der Waals surface area (Å²) in [6.45, 7) is 2.59. The maximum absolute atomic E-state index is 12.5. The van der Waals surface area contributed by atoms with Gasteiger partial charge in [0.05, 0.1) is 12.1 Å². The van der Waals surface area contributed by atoms with Crippen molar-refractivity contribution < 1.29 is 24.2 Å². The molecule has 1 aliphatic heterocycles. The summed E-state index contributed by atoms with van der Waals surface area (Å²) < 4.78 is 11.7. The minimum Gasteiger partial charge on any atom is -0.484 e. The van der Waals surface area contributed by atoms with E-state index in [9.17, 15) is 9.59 Å². The van der Waals surface area contributed by atoms with Gasteiger partial charge in [0.1, 0.15) is 18.0 Å². The van der Waals surface area contributed by atoms with E-state index < -0.39 is 18.2 Å². The van der Waals surface area contributed by atoms with Crippen LogP contribution in [0.25, 0.3) is 0 Å². The zero-order valence-electron chi connectivity index (χ0n) is 18.7. The fraction of sp³-hybridized carbons (Fsp3) is 0.440. The molecule has 2 fully saturated rings. The van der Waals surface area contributed by atoms with E-state index in [0.29, 0.717) is 36.6 Å². The summed E-state index contributed by atoms with van der Waals surface area (Å²) in [6, 6.07) is 15.0. The van der Waals surface area contributed by atoms with E-state index in [1.165, 1.54) is 23.3 Å². The summed E-state index contributed by atoms with van der Waals surface area (Å²) >= 11 is 0. The third-order valence-corrected chi connectivity index (χ3v) is 6.07. The number of likely N-dealkylation sites (tertiary alicyclic amines) is 1. The Labute approximate surface area is 200 Å². The lowest BCUT2D eigenvalue weighted by molar-refractivity contribution is 0.00841. The molecule has 0 spiro atoms. The highest BCUT2D eigenvalue weighted by Gasteiger charge is 2.27. The first kappa shape index (κ1) is 24.9. The highest BCUT2D eigenvalue weighted by Crippen LogP contribution is 2.40. The quantitative estimate of drug-likeness (QED) is 0.561. The second-order valence-electron chi connectivity index (χ2n) is 8.76. The fourth-order valence-corrected chi connectivity index (χ4v) is 4.10. The molecule has 1 heterocycles. The molecule has 2 aromatic carbocycles. The summed E-state index contributed by atoms with van der Waals surface area (Å²) in [5, 5.41) is 9.13. The number of nitrogens with zero attached hydrogens (tertiary/aromatic N) is 1. The molecule has 7 nitrogen and oxygen atoms in total. The van der Waals surface area contributed by atoms with Gasteiger partial charge in [-0.1, -0.05) is 24.3 Å². The van der Waals surface area contributed by atoms with Crippen molar-refractivity contribution in [3.63, 3.8) is 0 Å². The van der Waals surface area contributed by atoms with Crippen LogP contribution in [0.5, 0.6) is 5.75 Å². The lowest BCUT2D eigenvalue weighted by atomic mass is 10.0. The summed E-state index contributed by atoms with van der Waals surface area (Å²) in [6.07, 6.45) is 2.15. The van der Waals surface area contributed by atoms with E-state index in [1.54, 1.807) is 24.3 Å². The molecule has 0 aromatic heterocycles. The van der Waals surface area contributed by atoms with Crippen molar-refractivity contribution in [1.82, 2.24) is 4.90 Å². The number of rotatable bonds is 7. The van der Waals surface area contributed by atoms with Crippen LogP contribution in [0.1, 0.15) is 66.1 Å². The van der Waals surface area contributed by atoms with Crippen molar-refractivity contribution in [3.8, 4) is 5.75 Å². The van der Waals surface area contributed by atoms with E-state index in [-0.39, 0.29) is 31.1 Å². The van der Waals surface area contributed by atoms with Crippen molar-refractivity contribution in [2.24, 2.45) is 5.73 Å². The van der Waals surface area contributed by atoms with Crippen LogP contribution in [0.2, 0.25) is 0 Å². The van der Waals surface area contributed by atoms with Gasteiger partial charge in [-0.15, -0.1) is 12.4 Å². The summed E-state index contributed by atoms with van der Waals surface area (Å²) in [4.78, 5) is 24.9. The Morgan fingerprint density at radius 2 is 1.73 bits per heavy atom. The van der Waals surface area contributed by atoms with Gasteiger partial charge in [0.25, 0.3) is 0 Å². The monoisotopic (exact) mass is 474 g/mol. The standard InChI is InChI=1S/C25H30N2O5.ClH/c1-16(26)23(19-8-6-18(7-9-19)17-4-5-17)31-21-12-10-20(11-13-21)24(28)32-22-3-2-14-27(15-22)25(29)30;/h6-13,16-17,22-23H,2-5,14-15,26H2,1H3,(H,29,30);1H/t16?,22-,23?;/m0./s1. The number of esters is 1. The molecule has 2 aromatic rings. The van der Waals surface area contributed by atoms with Crippen LogP contribution in [-0.2, 0) is 4.74 Å². The number of hydrogen-bond donors (Lipinski definition) is 2. The highest BCUT2D eigenvalue weighted by molar-refractivity contribution is 5.89. The number of carbonyl (C=O) groups excluding carboxylic acids is 1. The first-order valence-electron chi connectivity index (χ1n) is 11.2. The molecule has 2 aliphatic rings. The molecule has 3 N–H and O–H groups in total. The van der Waals surface area contributed by atoms with Crippen molar-refractivity contribution in [1.29, 1.82) is 0 Å². The zero-order chi connectivity index (χ0) is 22.7. The summed E-state index contributed by atoms with van der Waals surface area (Å²) in [5.74, 6) is 0.852. The lowest BCUT2D eigenvalue weighted by Crippen LogP contribution is -2.43. The maximum atomic E-state index is 12.5. The fourth-order valence-electron chi connectivity index (χ4n) is 4.10. The highest BCUT2D eigenvalue weighted by atomic mass is 35.5. The topological polar surface area (TPSA) is 102 Å². The van der Waals surface area contributed by atoms with Gasteiger partial charge in [0.15, 0.2) is 0 Å². The van der Waals surface area contributed by atoms with Gasteiger partial charge < -0.3 is 25.2 Å². The van der Waals surface area contributed by atoms with Gasteiger partial charge in [-0.25, -0.2) is 9.59 Å². The largest absolute Gasteiger partial charge is 0.484 e. The number of hydrogen-bond acceptors (Lipinski definition) is 5. The summed E-state index contributed by atoms with van der Waals surface area (Å²) in [7, 11) is 0. The lowest BCUT2D eigenvalue weighted by Gasteiger charge is -2.30. The smallest absolute Gasteiger partial charge is 0.407 e. The molecule has 1 saturated carbocycles. The molecule has 2 unspecified atom stereocenters. The Morgan fingerprint density at radius 3 is 2.30 bits per heavy atom. The normalized spacial score (nSPS) is 19.7. The number of ether oxygens (including phenoxy) is 2. The van der Waals surface area contributed by atoms with E-state index in [1.807, 2.05) is 6.92 Å². The van der Waals surface area contributed by atoms with Crippen LogP contribution in [0.3, 0.4) is 0 Å². The Morgan fingerprint density at radius 1 is 1.06 bits per heavy atom. The molecular weight excluding hydrogens is 444 g/mol. The van der Waals surface area contributed by atoms with Crippen molar-refractivity contribution in [2.75, 3.05) is 13.1 Å². The Balaban J connectivity index is 0.00000306. The predicted octanol–water partition coefficient (Wildman–Crippen LogP) is 4.75. The summed E-state index contributed by atoms with van der Waals surface area (Å²) in [5.41, 5.74) is 8.98. The second kappa shape index (κ2) is 10.9. The molecular formula is C25H31ClN2O5. The number of nitrogens with two attached hydrogens (primary N) is 1. The van der Waals surface area contributed by atoms with E-state index in [0.717, 1.165) is 5.56 Å². The van der Waals surface area contributed by atoms with Gasteiger partial charge in [0.2, 0.25) is 0 Å². The molecule has 8 heteroatoms. The average Bonchev–Trinajstić information content (AvgIpc) is 3.63. The number of halogens is 1. The molecule has 0 bridgehead atoms. The van der Waals surface area contributed by atoms with Gasteiger partial charge in [0, 0.05) is 12.6 Å². The van der Waals surface area contributed by atoms with Crippen LogP contribution in [0.15, 0.2) is 48.5 Å². The van der Waals surface area contributed by atoms with Crippen LogP contribution < -0.4 is 10.5 Å². The van der Waals surface area contributed by atoms with E-state index in [2.05, 4.69) is 24.3 Å². The van der Waals surface area contributed by atoms with Crippen molar-refractivity contribution in [2.45, 2.75) is 56.8 Å². The maximum Gasteiger partial charge on any atom is 0.407 e. The molecule has 178 valence electrons. The molecule has 1 aliphatic carbocycles. The predicted molar refractivity (Wildman–Crippen MR) is 127 cm³/mol. The third-order valence-electron chi connectivity index (χ3n) is 6.07. The SMILES string of the molecule is CC(N)C(Oc1ccc(C(=O)O[C@H]2CCCN(C(=O)O)C2)cc1)c1ccc(C2CC2)cc1.Cl. The van der Waals surface area contributed by atoms with Gasteiger partial charge >= 0.3 is 12.1 Å². The second-order valence-corrected chi connectivity index (χ2v) is 8.76. The molecule has 0 radical (unpaired) electrons. The average molecular weight is 475 g/mol. The van der Waals surface area contributed by atoms with Crippen LogP contribution in [0.4, 0.5) is 4.79 Å². The van der Waals surface area contributed by atoms with Crippen LogP contribution in [0, 0.1) is 0 Å². The Kier molecular flexibility index (Phi) is 8.21. The van der Waals surface area contributed by atoms with Crippen LogP contribution >= 0.6 is 12.4 Å². The molecule has 4 rings (SSSR count). The first-order valence-corrected chi connectivity index (χ1v) is 11.2. The van der Waals surface area contributed by atoms with Crippen molar-refractivity contribution in [3.05, 3.63) is 65.2 Å². The van der Waals surface area contributed by atoms with Gasteiger partial charge in [-0.2, -0.15) is 0 Å². The Hall–Kier alpha value is -2.77. The minimum absolute atomic E-state index is 0. The minimum atomic E-state index is -0.988. The third kappa shape index (κ3) is 6.39. The molecule has 1 saturated heterocycles. The van der Waals surface area contributed by atoms with E-state index in [4.69, 9.17) is 20.3 Å². The van der Waals surface area contributed by atoms with E-state index >= 15 is 0 Å². The van der Waals surface area contributed by atoms with Crippen molar-refractivity contribution >= 4 is 24.5 Å². The first-order chi connectivity index (χ1) is 15.4. The molecule has 33 heavy (non-hydrogen) atoms. The number of carboxylic acid groups (broad SMARTS) is 1. The van der Waals surface area contributed by atoms with Gasteiger partial charge in [-0.05, 0) is 73.9 Å². The number of piperidine rings is 1. The zero-order valence-corrected chi connectivity index (χ0v) is 19.5. The molecule has 3 atom stereocenters. The van der Waals surface area contributed by atoms with Crippen LogP contribution in [-0.4, -0.2) is 47.3 Å².